The number of aromatic nitrogens is 3. The van der Waals surface area contributed by atoms with Crippen LogP contribution < -0.4 is 0 Å². The van der Waals surface area contributed by atoms with E-state index in [0.29, 0.717) is 0 Å². The summed E-state index contributed by atoms with van der Waals surface area (Å²) in [6.45, 7) is 0. The molecule has 0 atom stereocenters. The minimum Gasteiger partial charge on any atom is -0.223 e. The fourth-order valence-electron chi connectivity index (χ4n) is 1.24. The molecule has 1 aromatic carbocycles. The number of hydrogen-bond donors (Lipinski definition) is 0. The van der Waals surface area contributed by atoms with Gasteiger partial charge in [-0.1, -0.05) is 17.7 Å². The van der Waals surface area contributed by atoms with Crippen LogP contribution in [0.3, 0.4) is 0 Å². The Balaban J connectivity index is 2.78. The fourth-order valence-corrected chi connectivity index (χ4v) is 2.60. The highest BCUT2D eigenvalue weighted by atomic mass is 35.7. The zero-order valence-electron chi connectivity index (χ0n) is 7.71. The van der Waals surface area contributed by atoms with Gasteiger partial charge in [0.05, 0.1) is 5.02 Å². The van der Waals surface area contributed by atoms with E-state index in [1.54, 1.807) is 6.07 Å². The molecule has 0 aliphatic heterocycles. The molecule has 2 aromatic rings. The van der Waals surface area contributed by atoms with Crippen molar-refractivity contribution in [3.8, 4) is 5.69 Å². The van der Waals surface area contributed by atoms with Gasteiger partial charge in [0.1, 0.15) is 23.2 Å². The Morgan fingerprint density at radius 3 is 2.62 bits per heavy atom. The highest BCUT2D eigenvalue weighted by Gasteiger charge is 2.19. The summed E-state index contributed by atoms with van der Waals surface area (Å²) in [5.74, 6) is 0. The average molecular weight is 278 g/mol. The highest BCUT2D eigenvalue weighted by molar-refractivity contribution is 8.13. The van der Waals surface area contributed by atoms with Crippen molar-refractivity contribution in [3.63, 3.8) is 0 Å². The summed E-state index contributed by atoms with van der Waals surface area (Å²) in [5.41, 5.74) is 0.191. The van der Waals surface area contributed by atoms with Gasteiger partial charge in [0, 0.05) is 10.7 Å². The van der Waals surface area contributed by atoms with Crippen molar-refractivity contribution in [3.05, 3.63) is 35.9 Å². The molecule has 84 valence electrons. The second-order valence-corrected chi connectivity index (χ2v) is 5.81. The van der Waals surface area contributed by atoms with Crippen molar-refractivity contribution in [2.24, 2.45) is 0 Å². The second kappa shape index (κ2) is 4.04. The van der Waals surface area contributed by atoms with Gasteiger partial charge in [-0.25, -0.2) is 18.1 Å². The first-order chi connectivity index (χ1) is 7.50. The third-order valence-corrected chi connectivity index (χ3v) is 3.52. The van der Waals surface area contributed by atoms with Crippen LogP contribution in [0.15, 0.2) is 35.7 Å². The molecule has 8 heteroatoms. The molecule has 0 bridgehead atoms. The molecule has 16 heavy (non-hydrogen) atoms. The molecule has 0 saturated heterocycles. The fraction of sp³-hybridized carbons (Fsp3) is 0. The van der Waals surface area contributed by atoms with Gasteiger partial charge in [-0.3, -0.25) is 0 Å². The van der Waals surface area contributed by atoms with E-state index in [-0.39, 0.29) is 15.6 Å². The van der Waals surface area contributed by atoms with Crippen LogP contribution in [-0.4, -0.2) is 23.2 Å². The molecule has 0 N–H and O–H groups in total. The zero-order chi connectivity index (χ0) is 11.8. The van der Waals surface area contributed by atoms with Crippen LogP contribution in [0.4, 0.5) is 0 Å². The molecule has 5 nitrogen and oxygen atoms in total. The van der Waals surface area contributed by atoms with Crippen LogP contribution in [0.5, 0.6) is 0 Å². The van der Waals surface area contributed by atoms with Crippen molar-refractivity contribution in [1.82, 2.24) is 14.8 Å². The van der Waals surface area contributed by atoms with Crippen LogP contribution in [0.25, 0.3) is 5.69 Å². The maximum Gasteiger partial charge on any atom is 0.263 e. The molecule has 1 aromatic heterocycles. The van der Waals surface area contributed by atoms with Gasteiger partial charge in [-0.15, -0.1) is 0 Å². The Bertz CT molecular complexity index is 610. The lowest BCUT2D eigenvalue weighted by atomic mass is 10.3. The largest absolute Gasteiger partial charge is 0.263 e. The SMILES string of the molecule is O=S(=O)(Cl)c1cccc(Cl)c1-n1cncn1. The first-order valence-electron chi connectivity index (χ1n) is 4.08. The first-order valence-corrected chi connectivity index (χ1v) is 6.77. The van der Waals surface area contributed by atoms with Crippen molar-refractivity contribution in [2.45, 2.75) is 4.90 Å². The van der Waals surface area contributed by atoms with Gasteiger partial charge < -0.3 is 0 Å². The molecule has 0 radical (unpaired) electrons. The van der Waals surface area contributed by atoms with Crippen LogP contribution in [0.2, 0.25) is 5.02 Å². The van der Waals surface area contributed by atoms with Gasteiger partial charge in [-0.05, 0) is 12.1 Å². The van der Waals surface area contributed by atoms with Gasteiger partial charge in [0.2, 0.25) is 0 Å². The van der Waals surface area contributed by atoms with E-state index >= 15 is 0 Å². The van der Waals surface area contributed by atoms with Crippen LogP contribution in [0.1, 0.15) is 0 Å². The van der Waals surface area contributed by atoms with Crippen molar-refractivity contribution in [1.29, 1.82) is 0 Å². The predicted molar refractivity (Wildman–Crippen MR) is 59.4 cm³/mol. The molecular formula is C8H5Cl2N3O2S. The quantitative estimate of drug-likeness (QED) is 0.786. The molecule has 0 aliphatic carbocycles. The summed E-state index contributed by atoms with van der Waals surface area (Å²) in [7, 11) is 1.42. The van der Waals surface area contributed by atoms with E-state index < -0.39 is 9.05 Å². The van der Waals surface area contributed by atoms with Crippen molar-refractivity contribution < 1.29 is 8.42 Å². The summed E-state index contributed by atoms with van der Waals surface area (Å²) in [6.07, 6.45) is 2.61. The topological polar surface area (TPSA) is 64.8 Å². The lowest BCUT2D eigenvalue weighted by Crippen LogP contribution is -2.03. The normalized spacial score (nSPS) is 11.6. The molecule has 0 fully saturated rings. The van der Waals surface area contributed by atoms with E-state index in [9.17, 15) is 8.42 Å². The minimum absolute atomic E-state index is 0.104. The van der Waals surface area contributed by atoms with E-state index in [1.165, 1.54) is 29.5 Å². The van der Waals surface area contributed by atoms with E-state index in [0.717, 1.165) is 0 Å². The predicted octanol–water partition coefficient (Wildman–Crippen LogP) is 1.85. The number of halogens is 2. The molecular weight excluding hydrogens is 273 g/mol. The maximum absolute atomic E-state index is 11.3. The Morgan fingerprint density at radius 1 is 1.31 bits per heavy atom. The first kappa shape index (κ1) is 11.4. The summed E-state index contributed by atoms with van der Waals surface area (Å²) in [4.78, 5) is 3.61. The lowest BCUT2D eigenvalue weighted by molar-refractivity contribution is 0.608. The van der Waals surface area contributed by atoms with Gasteiger partial charge in [-0.2, -0.15) is 5.10 Å². The Labute approximate surface area is 101 Å². The lowest BCUT2D eigenvalue weighted by Gasteiger charge is -2.07. The van der Waals surface area contributed by atoms with E-state index in [1.807, 2.05) is 0 Å². The smallest absolute Gasteiger partial charge is 0.223 e. The third-order valence-electron chi connectivity index (χ3n) is 1.86. The van der Waals surface area contributed by atoms with Crippen LogP contribution in [0, 0.1) is 0 Å². The molecule has 0 amide bonds. The van der Waals surface area contributed by atoms with Crippen LogP contribution >= 0.6 is 22.3 Å². The number of hydrogen-bond acceptors (Lipinski definition) is 4. The summed E-state index contributed by atoms with van der Waals surface area (Å²) >= 11 is 5.92. The Kier molecular flexibility index (Phi) is 2.88. The molecule has 0 unspecified atom stereocenters. The Hall–Kier alpha value is -1.11. The molecule has 0 spiro atoms. The molecule has 2 rings (SSSR count). The van der Waals surface area contributed by atoms with E-state index in [4.69, 9.17) is 22.3 Å². The number of benzene rings is 1. The molecule has 1 heterocycles. The summed E-state index contributed by atoms with van der Waals surface area (Å²) in [6, 6.07) is 4.40. The average Bonchev–Trinajstić information content (AvgIpc) is 2.68. The van der Waals surface area contributed by atoms with Gasteiger partial charge >= 0.3 is 0 Å². The third kappa shape index (κ3) is 2.04. The zero-order valence-corrected chi connectivity index (χ0v) is 10.0. The van der Waals surface area contributed by atoms with Crippen LogP contribution in [-0.2, 0) is 9.05 Å². The van der Waals surface area contributed by atoms with Crippen molar-refractivity contribution >= 4 is 31.3 Å². The van der Waals surface area contributed by atoms with Gasteiger partial charge in [0.25, 0.3) is 9.05 Å². The second-order valence-electron chi connectivity index (χ2n) is 2.86. The van der Waals surface area contributed by atoms with Gasteiger partial charge in [0.15, 0.2) is 0 Å². The number of nitrogens with zero attached hydrogens (tertiary/aromatic N) is 3. The molecule has 0 saturated carbocycles. The Morgan fingerprint density at radius 2 is 2.06 bits per heavy atom. The summed E-state index contributed by atoms with van der Waals surface area (Å²) in [5, 5.41) is 4.05. The monoisotopic (exact) mass is 277 g/mol. The maximum atomic E-state index is 11.3. The summed E-state index contributed by atoms with van der Waals surface area (Å²) < 4.78 is 23.9. The number of rotatable bonds is 2. The van der Waals surface area contributed by atoms with Crippen molar-refractivity contribution in [2.75, 3.05) is 0 Å². The van der Waals surface area contributed by atoms with E-state index in [2.05, 4.69) is 10.1 Å². The molecule has 0 aliphatic rings. The minimum atomic E-state index is -3.88. The highest BCUT2D eigenvalue weighted by Crippen LogP contribution is 2.29. The standard InChI is InChI=1S/C8H5Cl2N3O2S/c9-6-2-1-3-7(16(10,14)15)8(6)13-5-11-4-12-13/h1-5H. The number of para-hydroxylation sites is 1.